The third kappa shape index (κ3) is 5.59. The Labute approximate surface area is 231 Å². The largest absolute Gasteiger partial charge is 0.414 e. The first kappa shape index (κ1) is 24.7. The Bertz CT molecular complexity index is 1510. The number of carbonyl (C=O) groups excluding carboxylic acids is 1. The fourth-order valence-electron chi connectivity index (χ4n) is 4.42. The number of pyridine rings is 1. The van der Waals surface area contributed by atoms with Crippen LogP contribution >= 0.6 is 34.3 Å². The van der Waals surface area contributed by atoms with Crippen molar-refractivity contribution in [3.8, 4) is 27.1 Å². The Morgan fingerprint density at radius 2 is 1.97 bits per heavy atom. The zero-order valence-electron chi connectivity index (χ0n) is 20.1. The van der Waals surface area contributed by atoms with Crippen LogP contribution in [-0.2, 0) is 6.54 Å². The lowest BCUT2D eigenvalue weighted by molar-refractivity contribution is 0.191. The lowest BCUT2D eigenvalue weighted by Crippen LogP contribution is -2.45. The summed E-state index contributed by atoms with van der Waals surface area (Å²) in [6, 6.07) is 15.4. The van der Waals surface area contributed by atoms with Crippen LogP contribution < -0.4 is 15.0 Å². The van der Waals surface area contributed by atoms with Gasteiger partial charge in [-0.1, -0.05) is 22.8 Å². The first-order valence-electron chi connectivity index (χ1n) is 12.1. The number of aromatic nitrogens is 4. The smallest absolute Gasteiger partial charge is 0.390 e. The van der Waals surface area contributed by atoms with Crippen molar-refractivity contribution in [3.05, 3.63) is 76.3 Å². The molecule has 0 spiro atoms. The molecule has 1 fully saturated rings. The van der Waals surface area contributed by atoms with Gasteiger partial charge in [0.25, 0.3) is 0 Å². The molecule has 5 aromatic heterocycles. The van der Waals surface area contributed by atoms with E-state index in [1.165, 1.54) is 11.3 Å². The van der Waals surface area contributed by atoms with Crippen LogP contribution in [-0.4, -0.2) is 45.1 Å². The lowest BCUT2D eigenvalue weighted by Gasteiger charge is -2.33. The zero-order valence-corrected chi connectivity index (χ0v) is 22.5. The van der Waals surface area contributed by atoms with Gasteiger partial charge >= 0.3 is 6.09 Å². The molecule has 12 heteroatoms. The van der Waals surface area contributed by atoms with Crippen LogP contribution in [0.1, 0.15) is 18.5 Å². The van der Waals surface area contributed by atoms with Crippen molar-refractivity contribution in [1.29, 1.82) is 0 Å². The highest BCUT2D eigenvalue weighted by atomic mass is 35.5. The maximum Gasteiger partial charge on any atom is 0.414 e. The average Bonchev–Trinajstić information content (AvgIpc) is 3.73. The predicted octanol–water partition coefficient (Wildman–Crippen LogP) is 6.18. The fourth-order valence-corrected chi connectivity index (χ4v) is 6.15. The second kappa shape index (κ2) is 11.0. The van der Waals surface area contributed by atoms with Gasteiger partial charge < -0.3 is 19.5 Å². The van der Waals surface area contributed by atoms with Crippen molar-refractivity contribution in [1.82, 2.24) is 25.2 Å². The van der Waals surface area contributed by atoms with E-state index in [0.717, 1.165) is 47.1 Å². The van der Waals surface area contributed by atoms with Crippen LogP contribution in [0.2, 0.25) is 4.34 Å². The fraction of sp³-hybridized carbons (Fsp3) is 0.231. The summed E-state index contributed by atoms with van der Waals surface area (Å²) < 4.78 is 13.6. The standard InChI is InChI=1S/C26H23ClN6O3S2/c27-24-4-3-23(38-24)21-14-18(31-36-21)16-33-20(22-2-1-13-37-22)15-25(30-33)35-26(34)29-17-7-11-32(12-8-17)19-5-9-28-10-6-19/h1-6,9-10,13-15,17H,7-8,11-12,16H2,(H,29,34). The normalized spacial score (nSPS) is 14.1. The number of anilines is 1. The summed E-state index contributed by atoms with van der Waals surface area (Å²) in [5, 5.41) is 13.7. The van der Waals surface area contributed by atoms with E-state index >= 15 is 0 Å². The predicted molar refractivity (Wildman–Crippen MR) is 148 cm³/mol. The maximum absolute atomic E-state index is 12.7. The second-order valence-corrected chi connectivity index (χ2v) is 11.5. The third-order valence-electron chi connectivity index (χ3n) is 6.26. The molecule has 0 aliphatic carbocycles. The molecule has 0 aromatic carbocycles. The molecule has 1 saturated heterocycles. The highest BCUT2D eigenvalue weighted by Crippen LogP contribution is 2.32. The lowest BCUT2D eigenvalue weighted by atomic mass is 10.0. The monoisotopic (exact) mass is 566 g/mol. The molecule has 1 amide bonds. The highest BCUT2D eigenvalue weighted by molar-refractivity contribution is 7.19. The number of hydrogen-bond acceptors (Lipinski definition) is 9. The molecule has 0 radical (unpaired) electrons. The first-order valence-corrected chi connectivity index (χ1v) is 14.1. The number of halogens is 1. The average molecular weight is 567 g/mol. The number of nitrogens with zero attached hydrogens (tertiary/aromatic N) is 5. The van der Waals surface area contributed by atoms with E-state index in [-0.39, 0.29) is 11.9 Å². The van der Waals surface area contributed by atoms with Crippen LogP contribution in [0.15, 0.2) is 70.8 Å². The van der Waals surface area contributed by atoms with Gasteiger partial charge in [0, 0.05) is 49.3 Å². The van der Waals surface area contributed by atoms with Gasteiger partial charge in [-0.2, -0.15) is 0 Å². The second-order valence-electron chi connectivity index (χ2n) is 8.79. The van der Waals surface area contributed by atoms with E-state index in [4.69, 9.17) is 20.9 Å². The molecule has 9 nitrogen and oxygen atoms in total. The van der Waals surface area contributed by atoms with Crippen molar-refractivity contribution in [2.75, 3.05) is 18.0 Å². The van der Waals surface area contributed by atoms with Gasteiger partial charge in [0.05, 0.1) is 26.3 Å². The quantitative estimate of drug-likeness (QED) is 0.251. The van der Waals surface area contributed by atoms with Crippen LogP contribution in [0.3, 0.4) is 0 Å². The third-order valence-corrected chi connectivity index (χ3v) is 8.40. The van der Waals surface area contributed by atoms with Crippen LogP contribution in [0.25, 0.3) is 21.2 Å². The summed E-state index contributed by atoms with van der Waals surface area (Å²) in [5.74, 6) is 0.876. The molecule has 1 aliphatic heterocycles. The van der Waals surface area contributed by atoms with Crippen molar-refractivity contribution >= 4 is 46.1 Å². The summed E-state index contributed by atoms with van der Waals surface area (Å²) in [6.45, 7) is 2.06. The van der Waals surface area contributed by atoms with E-state index in [1.807, 2.05) is 47.8 Å². The molecule has 194 valence electrons. The number of amides is 1. The number of ether oxygens (including phenoxy) is 1. The van der Waals surface area contributed by atoms with E-state index in [9.17, 15) is 4.79 Å². The molecule has 0 unspecified atom stereocenters. The number of piperidine rings is 1. The summed E-state index contributed by atoms with van der Waals surface area (Å²) in [4.78, 5) is 21.0. The van der Waals surface area contributed by atoms with Gasteiger partial charge in [-0.15, -0.1) is 27.8 Å². The summed E-state index contributed by atoms with van der Waals surface area (Å²) in [5.41, 5.74) is 2.67. The molecule has 1 aliphatic rings. The Morgan fingerprint density at radius 1 is 1.13 bits per heavy atom. The number of thiophene rings is 2. The van der Waals surface area contributed by atoms with E-state index in [2.05, 4.69) is 25.5 Å². The maximum atomic E-state index is 12.7. The topological polar surface area (TPSA) is 98.3 Å². The Morgan fingerprint density at radius 3 is 2.71 bits per heavy atom. The number of hydrogen-bond donors (Lipinski definition) is 1. The number of nitrogens with one attached hydrogen (secondary N) is 1. The van der Waals surface area contributed by atoms with Gasteiger partial charge in [0.2, 0.25) is 5.88 Å². The number of rotatable bonds is 7. The van der Waals surface area contributed by atoms with Crippen LogP contribution in [0.5, 0.6) is 5.88 Å². The van der Waals surface area contributed by atoms with E-state index < -0.39 is 6.09 Å². The van der Waals surface area contributed by atoms with Gasteiger partial charge in [-0.05, 0) is 48.6 Å². The van der Waals surface area contributed by atoms with Crippen molar-refractivity contribution < 1.29 is 14.1 Å². The molecule has 1 N–H and O–H groups in total. The highest BCUT2D eigenvalue weighted by Gasteiger charge is 2.23. The summed E-state index contributed by atoms with van der Waals surface area (Å²) in [6.07, 6.45) is 4.74. The minimum absolute atomic E-state index is 0.0405. The van der Waals surface area contributed by atoms with Crippen molar-refractivity contribution in [3.63, 3.8) is 0 Å². The molecule has 6 rings (SSSR count). The van der Waals surface area contributed by atoms with Crippen LogP contribution in [0, 0.1) is 0 Å². The van der Waals surface area contributed by atoms with Gasteiger partial charge in [0.1, 0.15) is 5.69 Å². The first-order chi connectivity index (χ1) is 18.6. The number of carbonyl (C=O) groups is 1. The zero-order chi connectivity index (χ0) is 25.9. The Hall–Kier alpha value is -3.67. The molecule has 6 heterocycles. The van der Waals surface area contributed by atoms with Gasteiger partial charge in [-0.3, -0.25) is 9.67 Å². The molecular formula is C26H23ClN6O3S2. The van der Waals surface area contributed by atoms with Crippen molar-refractivity contribution in [2.24, 2.45) is 0 Å². The molecular weight excluding hydrogens is 544 g/mol. The molecule has 0 saturated carbocycles. The van der Waals surface area contributed by atoms with Crippen LogP contribution in [0.4, 0.5) is 10.5 Å². The molecule has 5 aromatic rings. The van der Waals surface area contributed by atoms with Crippen molar-refractivity contribution in [2.45, 2.75) is 25.4 Å². The van der Waals surface area contributed by atoms with E-state index in [1.54, 1.807) is 34.5 Å². The minimum atomic E-state index is -0.506. The van der Waals surface area contributed by atoms with E-state index in [0.29, 0.717) is 22.3 Å². The van der Waals surface area contributed by atoms with Gasteiger partial charge in [-0.25, -0.2) is 4.79 Å². The Balaban J connectivity index is 1.11. The summed E-state index contributed by atoms with van der Waals surface area (Å²) >= 11 is 9.06. The molecule has 38 heavy (non-hydrogen) atoms. The minimum Gasteiger partial charge on any atom is -0.390 e. The Kier molecular flexibility index (Phi) is 7.12. The summed E-state index contributed by atoms with van der Waals surface area (Å²) in [7, 11) is 0. The van der Waals surface area contributed by atoms with Gasteiger partial charge in [0.15, 0.2) is 5.76 Å². The molecule has 0 atom stereocenters. The SMILES string of the molecule is O=C(NC1CCN(c2ccncc2)CC1)Oc1cc(-c2cccs2)n(Cc2cc(-c3ccc(Cl)s3)on2)n1. The molecule has 0 bridgehead atoms.